The van der Waals surface area contributed by atoms with E-state index in [4.69, 9.17) is 4.42 Å². The second kappa shape index (κ2) is 9.60. The average molecular weight is 501 g/mol. The molecule has 0 fully saturated rings. The third-order valence-electron chi connectivity index (χ3n) is 4.80. The Bertz CT molecular complexity index is 1100. The van der Waals surface area contributed by atoms with Gasteiger partial charge in [0.1, 0.15) is 11.3 Å². The van der Waals surface area contributed by atoms with Crippen molar-refractivity contribution in [1.29, 1.82) is 0 Å². The normalized spacial score (nSPS) is 11.3. The maximum absolute atomic E-state index is 5.97. The van der Waals surface area contributed by atoms with E-state index in [1.807, 2.05) is 41.1 Å². The summed E-state index contributed by atoms with van der Waals surface area (Å²) in [6, 6.07) is 16.3. The molecular formula is C22H24IN5O. The molecule has 150 valence electrons. The zero-order valence-electron chi connectivity index (χ0n) is 16.4. The molecule has 0 aliphatic heterocycles. The molecule has 7 heteroatoms. The highest BCUT2D eigenvalue weighted by atomic mass is 127. The number of imidazole rings is 1. The number of hydrogen-bond acceptors (Lipinski definition) is 3. The predicted molar refractivity (Wildman–Crippen MR) is 127 cm³/mol. The van der Waals surface area contributed by atoms with Crippen LogP contribution in [0, 0.1) is 6.92 Å². The summed E-state index contributed by atoms with van der Waals surface area (Å²) < 4.78 is 7.97. The molecule has 0 spiro atoms. The number of benzene rings is 2. The van der Waals surface area contributed by atoms with E-state index in [9.17, 15) is 0 Å². The van der Waals surface area contributed by atoms with Gasteiger partial charge in [-0.3, -0.25) is 4.99 Å². The summed E-state index contributed by atoms with van der Waals surface area (Å²) in [7, 11) is 1.77. The van der Waals surface area contributed by atoms with Crippen LogP contribution in [-0.4, -0.2) is 22.6 Å². The molecule has 0 amide bonds. The van der Waals surface area contributed by atoms with Gasteiger partial charge in [0.2, 0.25) is 0 Å². The Morgan fingerprint density at radius 3 is 2.59 bits per heavy atom. The first-order valence-corrected chi connectivity index (χ1v) is 9.24. The Morgan fingerprint density at radius 2 is 1.83 bits per heavy atom. The highest BCUT2D eigenvalue weighted by molar-refractivity contribution is 14.0. The molecule has 0 aliphatic carbocycles. The smallest absolute Gasteiger partial charge is 0.191 e. The molecule has 0 radical (unpaired) electrons. The summed E-state index contributed by atoms with van der Waals surface area (Å²) >= 11 is 0. The number of nitrogens with one attached hydrogen (secondary N) is 2. The van der Waals surface area contributed by atoms with Crippen molar-refractivity contribution in [3.05, 3.63) is 84.1 Å². The molecule has 29 heavy (non-hydrogen) atoms. The maximum Gasteiger partial charge on any atom is 0.191 e. The van der Waals surface area contributed by atoms with Crippen molar-refractivity contribution >= 4 is 40.9 Å². The number of aromatic nitrogens is 2. The number of nitrogens with zero attached hydrogens (tertiary/aromatic N) is 3. The summed E-state index contributed by atoms with van der Waals surface area (Å²) in [5.74, 6) is 1.64. The van der Waals surface area contributed by atoms with Crippen molar-refractivity contribution in [2.24, 2.45) is 4.99 Å². The van der Waals surface area contributed by atoms with E-state index in [0.717, 1.165) is 39.5 Å². The van der Waals surface area contributed by atoms with Gasteiger partial charge >= 0.3 is 0 Å². The number of rotatable bonds is 5. The third-order valence-corrected chi connectivity index (χ3v) is 4.80. The number of guanidine groups is 1. The summed E-state index contributed by atoms with van der Waals surface area (Å²) in [5.41, 5.74) is 4.32. The summed E-state index contributed by atoms with van der Waals surface area (Å²) in [6.45, 7) is 3.30. The van der Waals surface area contributed by atoms with Crippen molar-refractivity contribution in [1.82, 2.24) is 20.2 Å². The third kappa shape index (κ3) is 4.61. The fourth-order valence-electron chi connectivity index (χ4n) is 3.27. The van der Waals surface area contributed by atoms with E-state index in [-0.39, 0.29) is 24.0 Å². The van der Waals surface area contributed by atoms with Gasteiger partial charge < -0.3 is 19.6 Å². The molecule has 2 aromatic heterocycles. The molecule has 0 saturated heterocycles. The standard InChI is InChI=1S/C22H23N5O.HI/c1-16-18-8-4-6-10-20(18)28-21(16)14-26-22(23-2)25-13-17-7-3-5-9-19(17)27-12-11-24-15-27;/h3-12,15H,13-14H2,1-2H3,(H2,23,25,26);1H. The fourth-order valence-corrected chi connectivity index (χ4v) is 3.27. The maximum atomic E-state index is 5.97. The van der Waals surface area contributed by atoms with Crippen LogP contribution in [0.15, 0.2) is 76.7 Å². The minimum absolute atomic E-state index is 0. The molecule has 6 nitrogen and oxygen atoms in total. The summed E-state index contributed by atoms with van der Waals surface area (Å²) in [5, 5.41) is 7.86. The van der Waals surface area contributed by atoms with E-state index in [2.05, 4.69) is 45.7 Å². The highest BCUT2D eigenvalue weighted by Crippen LogP contribution is 2.24. The predicted octanol–water partition coefficient (Wildman–Crippen LogP) is 4.41. The van der Waals surface area contributed by atoms with Crippen LogP contribution in [0.5, 0.6) is 0 Å². The Hall–Kier alpha value is -2.81. The van der Waals surface area contributed by atoms with E-state index in [1.54, 1.807) is 19.6 Å². The number of aliphatic imine (C=N–C) groups is 1. The van der Waals surface area contributed by atoms with E-state index >= 15 is 0 Å². The summed E-state index contributed by atoms with van der Waals surface area (Å²) in [6.07, 6.45) is 5.52. The van der Waals surface area contributed by atoms with Gasteiger partial charge in [-0.05, 0) is 24.6 Å². The Kier molecular flexibility index (Phi) is 6.92. The van der Waals surface area contributed by atoms with Gasteiger partial charge in [0.15, 0.2) is 5.96 Å². The number of para-hydroxylation sites is 2. The number of fused-ring (bicyclic) bond motifs is 1. The second-order valence-corrected chi connectivity index (χ2v) is 6.52. The molecule has 0 bridgehead atoms. The highest BCUT2D eigenvalue weighted by Gasteiger charge is 2.11. The Labute approximate surface area is 187 Å². The van der Waals surface area contributed by atoms with Crippen molar-refractivity contribution in [2.75, 3.05) is 7.05 Å². The van der Waals surface area contributed by atoms with Crippen LogP contribution in [0.4, 0.5) is 0 Å². The van der Waals surface area contributed by atoms with E-state index in [0.29, 0.717) is 13.1 Å². The lowest BCUT2D eigenvalue weighted by Crippen LogP contribution is -2.36. The van der Waals surface area contributed by atoms with Gasteiger partial charge in [0, 0.05) is 36.9 Å². The van der Waals surface area contributed by atoms with Crippen LogP contribution in [0.1, 0.15) is 16.9 Å². The monoisotopic (exact) mass is 501 g/mol. The van der Waals surface area contributed by atoms with E-state index in [1.165, 1.54) is 0 Å². The molecule has 0 unspecified atom stereocenters. The number of aryl methyl sites for hydroxylation is 1. The summed E-state index contributed by atoms with van der Waals surface area (Å²) in [4.78, 5) is 8.46. The van der Waals surface area contributed by atoms with Crippen LogP contribution in [-0.2, 0) is 13.1 Å². The molecule has 0 atom stereocenters. The largest absolute Gasteiger partial charge is 0.459 e. The van der Waals surface area contributed by atoms with Gasteiger partial charge in [-0.2, -0.15) is 0 Å². The average Bonchev–Trinajstić information content (AvgIpc) is 3.37. The van der Waals surface area contributed by atoms with Crippen LogP contribution < -0.4 is 10.6 Å². The first-order valence-electron chi connectivity index (χ1n) is 9.24. The van der Waals surface area contributed by atoms with Gasteiger partial charge in [-0.1, -0.05) is 36.4 Å². The number of hydrogen-bond donors (Lipinski definition) is 2. The van der Waals surface area contributed by atoms with Crippen molar-refractivity contribution < 1.29 is 4.42 Å². The SMILES string of the molecule is CN=C(NCc1ccccc1-n1ccnc1)NCc1oc2ccccc2c1C.I. The topological polar surface area (TPSA) is 67.4 Å². The van der Waals surface area contributed by atoms with Crippen molar-refractivity contribution in [3.63, 3.8) is 0 Å². The molecular weight excluding hydrogens is 477 g/mol. The van der Waals surface area contributed by atoms with Crippen molar-refractivity contribution in [2.45, 2.75) is 20.0 Å². The van der Waals surface area contributed by atoms with Crippen LogP contribution in [0.3, 0.4) is 0 Å². The Balaban J connectivity index is 0.00000240. The molecule has 0 aliphatic rings. The lowest BCUT2D eigenvalue weighted by molar-refractivity contribution is 0.534. The van der Waals surface area contributed by atoms with Gasteiger partial charge in [0.05, 0.1) is 18.6 Å². The first-order chi connectivity index (χ1) is 13.8. The quantitative estimate of drug-likeness (QED) is 0.242. The molecule has 2 aromatic carbocycles. The molecule has 2 N–H and O–H groups in total. The van der Waals surface area contributed by atoms with Crippen molar-refractivity contribution in [3.8, 4) is 5.69 Å². The first kappa shape index (κ1) is 20.9. The van der Waals surface area contributed by atoms with Gasteiger partial charge in [0.25, 0.3) is 0 Å². The minimum atomic E-state index is 0. The zero-order valence-corrected chi connectivity index (χ0v) is 18.8. The molecule has 4 aromatic rings. The second-order valence-electron chi connectivity index (χ2n) is 6.52. The fraction of sp³-hybridized carbons (Fsp3) is 0.182. The van der Waals surface area contributed by atoms with Crippen LogP contribution in [0.25, 0.3) is 16.7 Å². The molecule has 0 saturated carbocycles. The van der Waals surface area contributed by atoms with Crippen LogP contribution in [0.2, 0.25) is 0 Å². The van der Waals surface area contributed by atoms with Gasteiger partial charge in [-0.25, -0.2) is 4.98 Å². The molecule has 2 heterocycles. The minimum Gasteiger partial charge on any atom is -0.459 e. The Morgan fingerprint density at radius 1 is 1.07 bits per heavy atom. The van der Waals surface area contributed by atoms with Crippen LogP contribution >= 0.6 is 24.0 Å². The number of furan rings is 1. The van der Waals surface area contributed by atoms with E-state index < -0.39 is 0 Å². The molecule has 4 rings (SSSR count). The zero-order chi connectivity index (χ0) is 19.3. The van der Waals surface area contributed by atoms with Gasteiger partial charge in [-0.15, -0.1) is 24.0 Å². The number of halogens is 1. The lowest BCUT2D eigenvalue weighted by atomic mass is 10.1. The lowest BCUT2D eigenvalue weighted by Gasteiger charge is -2.14.